The van der Waals surface area contributed by atoms with E-state index in [1.807, 2.05) is 4.90 Å². The zero-order chi connectivity index (χ0) is 14.7. The van der Waals surface area contributed by atoms with E-state index in [-0.39, 0.29) is 17.9 Å². The van der Waals surface area contributed by atoms with Crippen LogP contribution in [0.25, 0.3) is 0 Å². The van der Waals surface area contributed by atoms with Crippen LogP contribution in [0.1, 0.15) is 42.6 Å². The van der Waals surface area contributed by atoms with Gasteiger partial charge in [0.15, 0.2) is 0 Å². The predicted octanol–water partition coefficient (Wildman–Crippen LogP) is 1.09. The Morgan fingerprint density at radius 2 is 2.00 bits per heavy atom. The van der Waals surface area contributed by atoms with E-state index in [1.165, 1.54) is 12.4 Å². The Labute approximate surface area is 124 Å². The molecule has 6 heteroatoms. The topological polar surface area (TPSA) is 66.4 Å². The number of hydrogen-bond donors (Lipinski definition) is 0. The molecule has 1 aromatic heterocycles. The average Bonchev–Trinajstić information content (AvgIpc) is 3.20. The van der Waals surface area contributed by atoms with Gasteiger partial charge in [-0.1, -0.05) is 0 Å². The summed E-state index contributed by atoms with van der Waals surface area (Å²) >= 11 is 0. The molecule has 1 aliphatic carbocycles. The fourth-order valence-corrected chi connectivity index (χ4v) is 2.73. The van der Waals surface area contributed by atoms with E-state index in [4.69, 9.17) is 0 Å². The normalized spacial score (nSPS) is 17.8. The van der Waals surface area contributed by atoms with Gasteiger partial charge in [0.2, 0.25) is 5.91 Å². The molecule has 1 aromatic rings. The van der Waals surface area contributed by atoms with E-state index >= 15 is 0 Å². The molecule has 1 aliphatic heterocycles. The maximum atomic E-state index is 12.5. The Morgan fingerprint density at radius 3 is 2.62 bits per heavy atom. The van der Waals surface area contributed by atoms with Gasteiger partial charge in [-0.05, 0) is 25.7 Å². The lowest BCUT2D eigenvalue weighted by Crippen LogP contribution is -2.38. The summed E-state index contributed by atoms with van der Waals surface area (Å²) in [5.41, 5.74) is 0.359. The standard InChI is InChI=1S/C15H20N4O2/c20-14(18-8-1-2-9-18)5-10-19(12-3-4-12)15(21)13-11-16-6-7-17-13/h6-7,11-12H,1-5,8-10H2. The van der Waals surface area contributed by atoms with Crippen LogP contribution >= 0.6 is 0 Å². The lowest BCUT2D eigenvalue weighted by atomic mass is 10.3. The van der Waals surface area contributed by atoms with E-state index in [0.717, 1.165) is 38.8 Å². The van der Waals surface area contributed by atoms with Gasteiger partial charge in [0.25, 0.3) is 5.91 Å². The Morgan fingerprint density at radius 1 is 1.24 bits per heavy atom. The molecular weight excluding hydrogens is 268 g/mol. The fourth-order valence-electron chi connectivity index (χ4n) is 2.73. The molecule has 0 atom stereocenters. The number of likely N-dealkylation sites (tertiary alicyclic amines) is 1. The van der Waals surface area contributed by atoms with Gasteiger partial charge in [0.1, 0.15) is 5.69 Å². The molecule has 2 heterocycles. The molecule has 0 radical (unpaired) electrons. The van der Waals surface area contributed by atoms with Crippen molar-refractivity contribution in [2.45, 2.75) is 38.1 Å². The summed E-state index contributed by atoms with van der Waals surface area (Å²) in [5, 5.41) is 0. The first-order valence-corrected chi connectivity index (χ1v) is 7.60. The molecule has 2 fully saturated rings. The summed E-state index contributed by atoms with van der Waals surface area (Å²) in [7, 11) is 0. The Balaban J connectivity index is 1.60. The quantitative estimate of drug-likeness (QED) is 0.813. The van der Waals surface area contributed by atoms with Crippen LogP contribution in [0.3, 0.4) is 0 Å². The minimum absolute atomic E-state index is 0.111. The highest BCUT2D eigenvalue weighted by atomic mass is 16.2. The SMILES string of the molecule is O=C(CCN(C(=O)c1cnccn1)C1CC1)N1CCCC1. The van der Waals surface area contributed by atoms with Crippen molar-refractivity contribution in [3.05, 3.63) is 24.3 Å². The van der Waals surface area contributed by atoms with Gasteiger partial charge in [-0.2, -0.15) is 0 Å². The lowest BCUT2D eigenvalue weighted by molar-refractivity contribution is -0.130. The summed E-state index contributed by atoms with van der Waals surface area (Å²) in [5.74, 6) is 0.0462. The average molecular weight is 288 g/mol. The smallest absolute Gasteiger partial charge is 0.274 e. The number of amides is 2. The third kappa shape index (κ3) is 3.37. The van der Waals surface area contributed by atoms with E-state index in [9.17, 15) is 9.59 Å². The zero-order valence-corrected chi connectivity index (χ0v) is 12.1. The molecule has 6 nitrogen and oxygen atoms in total. The molecular formula is C15H20N4O2. The molecule has 0 N–H and O–H groups in total. The van der Waals surface area contributed by atoms with Crippen molar-refractivity contribution in [2.75, 3.05) is 19.6 Å². The maximum absolute atomic E-state index is 12.5. The molecule has 2 aliphatic rings. The maximum Gasteiger partial charge on any atom is 0.274 e. The number of carbonyl (C=O) groups is 2. The van der Waals surface area contributed by atoms with Gasteiger partial charge >= 0.3 is 0 Å². The van der Waals surface area contributed by atoms with Crippen LogP contribution in [0.15, 0.2) is 18.6 Å². The number of rotatable bonds is 5. The minimum atomic E-state index is -0.111. The minimum Gasteiger partial charge on any atom is -0.343 e. The van der Waals surface area contributed by atoms with E-state index in [0.29, 0.717) is 18.7 Å². The van der Waals surface area contributed by atoms with Gasteiger partial charge < -0.3 is 9.80 Å². The molecule has 2 amide bonds. The van der Waals surface area contributed by atoms with Crippen LogP contribution in [0.2, 0.25) is 0 Å². The molecule has 3 rings (SSSR count). The molecule has 0 bridgehead atoms. The van der Waals surface area contributed by atoms with Gasteiger partial charge in [-0.15, -0.1) is 0 Å². The summed E-state index contributed by atoms with van der Waals surface area (Å²) in [4.78, 5) is 36.3. The molecule has 0 spiro atoms. The van der Waals surface area contributed by atoms with Crippen molar-refractivity contribution in [2.24, 2.45) is 0 Å². The highest BCUT2D eigenvalue weighted by Gasteiger charge is 2.34. The number of aromatic nitrogens is 2. The zero-order valence-electron chi connectivity index (χ0n) is 12.1. The van der Waals surface area contributed by atoms with Crippen LogP contribution in [-0.2, 0) is 4.79 Å². The lowest BCUT2D eigenvalue weighted by Gasteiger charge is -2.23. The second-order valence-electron chi connectivity index (χ2n) is 5.66. The number of carbonyl (C=O) groups excluding carboxylic acids is 2. The van der Waals surface area contributed by atoms with Crippen LogP contribution < -0.4 is 0 Å². The Hall–Kier alpha value is -1.98. The van der Waals surface area contributed by atoms with Crippen molar-refractivity contribution < 1.29 is 9.59 Å². The monoisotopic (exact) mass is 288 g/mol. The Bertz CT molecular complexity index is 510. The second kappa shape index (κ2) is 6.20. The molecule has 0 unspecified atom stereocenters. The largest absolute Gasteiger partial charge is 0.343 e. The first kappa shape index (κ1) is 14.0. The van der Waals surface area contributed by atoms with Crippen molar-refractivity contribution in [3.8, 4) is 0 Å². The Kier molecular flexibility index (Phi) is 4.13. The second-order valence-corrected chi connectivity index (χ2v) is 5.66. The first-order chi connectivity index (χ1) is 10.3. The summed E-state index contributed by atoms with van der Waals surface area (Å²) in [6.45, 7) is 2.20. The first-order valence-electron chi connectivity index (χ1n) is 7.60. The summed E-state index contributed by atoms with van der Waals surface area (Å²) < 4.78 is 0. The highest BCUT2D eigenvalue weighted by Crippen LogP contribution is 2.28. The van der Waals surface area contributed by atoms with E-state index < -0.39 is 0 Å². The number of hydrogen-bond acceptors (Lipinski definition) is 4. The molecule has 112 valence electrons. The molecule has 1 saturated heterocycles. The molecule has 0 aromatic carbocycles. The van der Waals surface area contributed by atoms with Crippen LogP contribution in [-0.4, -0.2) is 57.3 Å². The van der Waals surface area contributed by atoms with Crippen LogP contribution in [0, 0.1) is 0 Å². The van der Waals surface area contributed by atoms with Gasteiger partial charge in [-0.25, -0.2) is 4.98 Å². The van der Waals surface area contributed by atoms with E-state index in [2.05, 4.69) is 9.97 Å². The van der Waals surface area contributed by atoms with Crippen molar-refractivity contribution in [3.63, 3.8) is 0 Å². The number of nitrogens with zero attached hydrogens (tertiary/aromatic N) is 4. The van der Waals surface area contributed by atoms with Crippen molar-refractivity contribution in [1.29, 1.82) is 0 Å². The van der Waals surface area contributed by atoms with Crippen LogP contribution in [0.4, 0.5) is 0 Å². The summed E-state index contributed by atoms with van der Waals surface area (Å²) in [6, 6.07) is 0.269. The van der Waals surface area contributed by atoms with Crippen molar-refractivity contribution >= 4 is 11.8 Å². The van der Waals surface area contributed by atoms with Gasteiger partial charge in [0, 0.05) is 44.5 Å². The third-order valence-corrected chi connectivity index (χ3v) is 4.06. The van der Waals surface area contributed by atoms with Gasteiger partial charge in [0.05, 0.1) is 6.20 Å². The fraction of sp³-hybridized carbons (Fsp3) is 0.600. The van der Waals surface area contributed by atoms with Gasteiger partial charge in [-0.3, -0.25) is 14.6 Å². The predicted molar refractivity (Wildman–Crippen MR) is 76.5 cm³/mol. The molecule has 1 saturated carbocycles. The van der Waals surface area contributed by atoms with Crippen LogP contribution in [0.5, 0.6) is 0 Å². The van der Waals surface area contributed by atoms with E-state index in [1.54, 1.807) is 11.1 Å². The molecule has 21 heavy (non-hydrogen) atoms. The summed E-state index contributed by atoms with van der Waals surface area (Å²) in [6.07, 6.45) is 9.19. The van der Waals surface area contributed by atoms with Crippen molar-refractivity contribution in [1.82, 2.24) is 19.8 Å². The third-order valence-electron chi connectivity index (χ3n) is 4.06. The highest BCUT2D eigenvalue weighted by molar-refractivity contribution is 5.92.